The molecule has 19 heavy (non-hydrogen) atoms. The van der Waals surface area contributed by atoms with Crippen molar-refractivity contribution in [3.8, 4) is 0 Å². The van der Waals surface area contributed by atoms with Crippen LogP contribution in [0.5, 0.6) is 0 Å². The summed E-state index contributed by atoms with van der Waals surface area (Å²) in [5.74, 6) is 1.22. The largest absolute Gasteiger partial charge is 0.373 e. The molecule has 0 amide bonds. The molecule has 0 aliphatic heterocycles. The van der Waals surface area contributed by atoms with Gasteiger partial charge in [0.2, 0.25) is 0 Å². The van der Waals surface area contributed by atoms with Crippen molar-refractivity contribution in [1.82, 2.24) is 9.97 Å². The second-order valence-electron chi connectivity index (χ2n) is 4.14. The third-order valence-corrected chi connectivity index (χ3v) is 3.04. The van der Waals surface area contributed by atoms with Gasteiger partial charge in [-0.1, -0.05) is 19.1 Å². The van der Waals surface area contributed by atoms with Gasteiger partial charge < -0.3 is 10.2 Å². The van der Waals surface area contributed by atoms with Crippen molar-refractivity contribution in [3.05, 3.63) is 42.0 Å². The van der Waals surface area contributed by atoms with Crippen molar-refractivity contribution in [2.24, 2.45) is 0 Å². The van der Waals surface area contributed by atoms with Gasteiger partial charge in [-0.2, -0.15) is 0 Å². The molecule has 1 aromatic heterocycles. The molecule has 0 aliphatic rings. The Hall–Kier alpha value is -2.17. The topological polar surface area (TPSA) is 41.1 Å². The Morgan fingerprint density at radius 3 is 2.63 bits per heavy atom. The second kappa shape index (κ2) is 5.65. The fourth-order valence-corrected chi connectivity index (χ4v) is 2.07. The summed E-state index contributed by atoms with van der Waals surface area (Å²) >= 11 is 0. The van der Waals surface area contributed by atoms with E-state index in [0.29, 0.717) is 11.5 Å². The van der Waals surface area contributed by atoms with Gasteiger partial charge in [-0.05, 0) is 18.6 Å². The zero-order valence-corrected chi connectivity index (χ0v) is 11.3. The van der Waals surface area contributed by atoms with Crippen LogP contribution < -0.4 is 10.2 Å². The summed E-state index contributed by atoms with van der Waals surface area (Å²) < 4.78 is 13.8. The van der Waals surface area contributed by atoms with Gasteiger partial charge >= 0.3 is 0 Å². The van der Waals surface area contributed by atoms with Crippen LogP contribution in [0.4, 0.5) is 21.7 Å². The first-order valence-electron chi connectivity index (χ1n) is 6.19. The van der Waals surface area contributed by atoms with E-state index >= 15 is 0 Å². The molecule has 0 bridgehead atoms. The van der Waals surface area contributed by atoms with E-state index in [1.807, 2.05) is 14.0 Å². The van der Waals surface area contributed by atoms with Crippen LogP contribution in [0.3, 0.4) is 0 Å². The van der Waals surface area contributed by atoms with Crippen LogP contribution in [0.25, 0.3) is 0 Å². The van der Waals surface area contributed by atoms with Gasteiger partial charge in [0.1, 0.15) is 23.8 Å². The van der Waals surface area contributed by atoms with E-state index in [2.05, 4.69) is 15.3 Å². The van der Waals surface area contributed by atoms with Crippen LogP contribution in [-0.2, 0) is 6.42 Å². The van der Waals surface area contributed by atoms with E-state index in [9.17, 15) is 4.39 Å². The minimum Gasteiger partial charge on any atom is -0.373 e. The summed E-state index contributed by atoms with van der Waals surface area (Å²) in [5, 5.41) is 3.04. The third kappa shape index (κ3) is 2.50. The average Bonchev–Trinajstić information content (AvgIpc) is 2.46. The molecule has 0 saturated heterocycles. The fourth-order valence-electron chi connectivity index (χ4n) is 2.07. The van der Waals surface area contributed by atoms with E-state index in [1.165, 1.54) is 12.4 Å². The number of para-hydroxylation sites is 1. The van der Waals surface area contributed by atoms with Gasteiger partial charge in [0, 0.05) is 19.7 Å². The monoisotopic (exact) mass is 260 g/mol. The molecule has 0 saturated carbocycles. The minimum absolute atomic E-state index is 0.267. The van der Waals surface area contributed by atoms with E-state index in [-0.39, 0.29) is 5.82 Å². The van der Waals surface area contributed by atoms with Crippen molar-refractivity contribution < 1.29 is 4.39 Å². The molecular formula is C14H17FN4. The molecule has 0 unspecified atom stereocenters. The lowest BCUT2D eigenvalue weighted by atomic mass is 10.2. The number of rotatable bonds is 4. The Morgan fingerprint density at radius 1 is 1.26 bits per heavy atom. The highest BCUT2D eigenvalue weighted by Gasteiger charge is 2.16. The Bertz CT molecular complexity index is 571. The van der Waals surface area contributed by atoms with Crippen molar-refractivity contribution >= 4 is 17.3 Å². The van der Waals surface area contributed by atoms with Crippen LogP contribution in [0.1, 0.15) is 12.5 Å². The summed E-state index contributed by atoms with van der Waals surface area (Å²) in [6, 6.07) is 6.65. The van der Waals surface area contributed by atoms with Gasteiger partial charge in [0.05, 0.1) is 5.69 Å². The number of aromatic nitrogens is 2. The number of nitrogens with one attached hydrogen (secondary N) is 1. The molecule has 0 aliphatic carbocycles. The van der Waals surface area contributed by atoms with E-state index in [1.54, 1.807) is 30.1 Å². The molecule has 5 heteroatoms. The van der Waals surface area contributed by atoms with E-state index in [0.717, 1.165) is 17.8 Å². The molecule has 100 valence electrons. The maximum atomic E-state index is 13.8. The lowest BCUT2D eigenvalue weighted by Crippen LogP contribution is -2.16. The summed E-state index contributed by atoms with van der Waals surface area (Å²) in [6.07, 6.45) is 2.25. The first-order chi connectivity index (χ1) is 9.19. The van der Waals surface area contributed by atoms with Crippen LogP contribution in [0, 0.1) is 5.82 Å². The molecule has 0 spiro atoms. The smallest absolute Gasteiger partial charge is 0.146 e. The molecule has 1 N–H and O–H groups in total. The molecule has 1 aromatic carbocycles. The number of hydrogen-bond donors (Lipinski definition) is 1. The van der Waals surface area contributed by atoms with Crippen molar-refractivity contribution in [2.45, 2.75) is 13.3 Å². The molecule has 0 fully saturated rings. The van der Waals surface area contributed by atoms with Crippen molar-refractivity contribution in [3.63, 3.8) is 0 Å². The predicted molar refractivity (Wildman–Crippen MR) is 75.4 cm³/mol. The zero-order chi connectivity index (χ0) is 13.8. The van der Waals surface area contributed by atoms with E-state index in [4.69, 9.17) is 0 Å². The Balaban J connectivity index is 2.50. The van der Waals surface area contributed by atoms with Gasteiger partial charge in [-0.3, -0.25) is 0 Å². The van der Waals surface area contributed by atoms with Crippen LogP contribution in [0.15, 0.2) is 30.6 Å². The fraction of sp³-hybridized carbons (Fsp3) is 0.286. The van der Waals surface area contributed by atoms with Crippen LogP contribution in [-0.4, -0.2) is 24.1 Å². The first kappa shape index (κ1) is 13.3. The number of anilines is 3. The standard InChI is InChI=1S/C14H17FN4/c1-4-10-13(16-2)17-9-18-14(10)19(3)12-8-6-5-7-11(12)15/h5-9H,4H2,1-3H3,(H,16,17,18). The number of nitrogens with zero attached hydrogens (tertiary/aromatic N) is 3. The number of benzene rings is 1. The summed E-state index contributed by atoms with van der Waals surface area (Å²) in [5.41, 5.74) is 1.47. The SMILES string of the molecule is CCc1c(NC)ncnc1N(C)c1ccccc1F. The summed E-state index contributed by atoms with van der Waals surface area (Å²) in [6.45, 7) is 2.03. The highest BCUT2D eigenvalue weighted by Crippen LogP contribution is 2.29. The number of halogens is 1. The lowest BCUT2D eigenvalue weighted by molar-refractivity contribution is 0.627. The highest BCUT2D eigenvalue weighted by atomic mass is 19.1. The molecule has 2 aromatic rings. The molecule has 4 nitrogen and oxygen atoms in total. The Labute approximate surface area is 112 Å². The molecular weight excluding hydrogens is 243 g/mol. The average molecular weight is 260 g/mol. The molecule has 1 heterocycles. The van der Waals surface area contributed by atoms with Gasteiger partial charge in [0.15, 0.2) is 0 Å². The predicted octanol–water partition coefficient (Wildman–Crippen LogP) is 2.99. The van der Waals surface area contributed by atoms with Gasteiger partial charge in [0.25, 0.3) is 0 Å². The molecule has 0 atom stereocenters. The molecule has 0 radical (unpaired) electrons. The zero-order valence-electron chi connectivity index (χ0n) is 11.3. The van der Waals surface area contributed by atoms with Crippen LogP contribution in [0.2, 0.25) is 0 Å². The highest BCUT2D eigenvalue weighted by molar-refractivity contribution is 5.67. The number of hydrogen-bond acceptors (Lipinski definition) is 4. The Kier molecular flexibility index (Phi) is 3.94. The summed E-state index contributed by atoms with van der Waals surface area (Å²) in [7, 11) is 3.62. The summed E-state index contributed by atoms with van der Waals surface area (Å²) in [4.78, 5) is 10.2. The lowest BCUT2D eigenvalue weighted by Gasteiger charge is -2.22. The maximum absolute atomic E-state index is 13.8. The maximum Gasteiger partial charge on any atom is 0.146 e. The van der Waals surface area contributed by atoms with Gasteiger partial charge in [-0.15, -0.1) is 0 Å². The van der Waals surface area contributed by atoms with Crippen molar-refractivity contribution in [1.29, 1.82) is 0 Å². The van der Waals surface area contributed by atoms with E-state index < -0.39 is 0 Å². The first-order valence-corrected chi connectivity index (χ1v) is 6.19. The van der Waals surface area contributed by atoms with Gasteiger partial charge in [-0.25, -0.2) is 14.4 Å². The third-order valence-electron chi connectivity index (χ3n) is 3.04. The van der Waals surface area contributed by atoms with Crippen molar-refractivity contribution in [2.75, 3.05) is 24.3 Å². The van der Waals surface area contributed by atoms with Crippen LogP contribution >= 0.6 is 0 Å². The Morgan fingerprint density at radius 2 is 2.00 bits per heavy atom. The minimum atomic E-state index is -0.267. The molecule has 2 rings (SSSR count). The quantitative estimate of drug-likeness (QED) is 0.917. The normalized spacial score (nSPS) is 10.3. The second-order valence-corrected chi connectivity index (χ2v) is 4.14.